The second-order valence-electron chi connectivity index (χ2n) is 3.96. The zero-order chi connectivity index (χ0) is 7.84. The maximum absolute atomic E-state index is 3.92. The highest BCUT2D eigenvalue weighted by Gasteiger charge is 2.35. The summed E-state index contributed by atoms with van der Waals surface area (Å²) in [5, 5.41) is 0. The van der Waals surface area contributed by atoms with Gasteiger partial charge in [0.25, 0.3) is 0 Å². The standard InChI is InChI=1S/C11H16/c1-3-11-8(2)9-4-6-10(11)7-5-9/h3-4,6,8-11H,1,5,7H2,2H3. The summed E-state index contributed by atoms with van der Waals surface area (Å²) in [7, 11) is 0. The molecule has 0 heterocycles. The van der Waals surface area contributed by atoms with Gasteiger partial charge >= 0.3 is 0 Å². The molecule has 0 saturated heterocycles. The van der Waals surface area contributed by atoms with Gasteiger partial charge in [-0.15, -0.1) is 6.58 Å². The molecule has 60 valence electrons. The first kappa shape index (κ1) is 7.15. The molecule has 0 aromatic carbocycles. The third kappa shape index (κ3) is 0.962. The molecule has 0 N–H and O–H groups in total. The fourth-order valence-corrected chi connectivity index (χ4v) is 2.69. The third-order valence-electron chi connectivity index (χ3n) is 3.49. The highest BCUT2D eigenvalue weighted by Crippen LogP contribution is 2.44. The molecule has 0 aromatic rings. The summed E-state index contributed by atoms with van der Waals surface area (Å²) in [5.41, 5.74) is 0. The highest BCUT2D eigenvalue weighted by molar-refractivity contribution is 5.12. The molecular weight excluding hydrogens is 132 g/mol. The van der Waals surface area contributed by atoms with Gasteiger partial charge in [-0.3, -0.25) is 0 Å². The average Bonchev–Trinajstić information content (AvgIpc) is 2.06. The van der Waals surface area contributed by atoms with Crippen molar-refractivity contribution in [3.8, 4) is 0 Å². The average molecular weight is 148 g/mol. The van der Waals surface area contributed by atoms with E-state index < -0.39 is 0 Å². The predicted octanol–water partition coefficient (Wildman–Crippen LogP) is 3.02. The summed E-state index contributed by atoms with van der Waals surface area (Å²) in [4.78, 5) is 0. The van der Waals surface area contributed by atoms with Crippen LogP contribution in [0.2, 0.25) is 0 Å². The number of allylic oxidation sites excluding steroid dienone is 3. The molecule has 0 heteroatoms. The molecule has 1 saturated carbocycles. The SMILES string of the molecule is C=CC1C2C=CC(CC2)C1C. The van der Waals surface area contributed by atoms with Crippen molar-refractivity contribution in [3.63, 3.8) is 0 Å². The molecule has 0 amide bonds. The first-order valence-electron chi connectivity index (χ1n) is 4.64. The Morgan fingerprint density at radius 2 is 1.91 bits per heavy atom. The van der Waals surface area contributed by atoms with Crippen molar-refractivity contribution >= 4 is 0 Å². The molecular formula is C11H16. The zero-order valence-corrected chi connectivity index (χ0v) is 7.16. The Balaban J connectivity index is 2.26. The minimum atomic E-state index is 0.763. The summed E-state index contributed by atoms with van der Waals surface area (Å²) >= 11 is 0. The third-order valence-corrected chi connectivity index (χ3v) is 3.49. The first-order chi connectivity index (χ1) is 5.33. The van der Waals surface area contributed by atoms with Crippen LogP contribution in [0, 0.1) is 23.7 Å². The molecule has 3 aliphatic rings. The topological polar surface area (TPSA) is 0 Å². The zero-order valence-electron chi connectivity index (χ0n) is 7.16. The molecule has 11 heavy (non-hydrogen) atoms. The summed E-state index contributed by atoms with van der Waals surface area (Å²) in [6.07, 6.45) is 9.78. The van der Waals surface area contributed by atoms with E-state index in [1.54, 1.807) is 0 Å². The fraction of sp³-hybridized carbons (Fsp3) is 0.636. The van der Waals surface area contributed by atoms with Gasteiger partial charge in [-0.25, -0.2) is 0 Å². The predicted molar refractivity (Wildman–Crippen MR) is 48.2 cm³/mol. The van der Waals surface area contributed by atoms with Crippen LogP contribution in [0.15, 0.2) is 24.8 Å². The van der Waals surface area contributed by atoms with Crippen LogP contribution in [0.1, 0.15) is 19.8 Å². The van der Waals surface area contributed by atoms with Gasteiger partial charge in [-0.2, -0.15) is 0 Å². The number of fused-ring (bicyclic) bond motifs is 2. The van der Waals surface area contributed by atoms with E-state index in [9.17, 15) is 0 Å². The normalized spacial score (nSPS) is 47.7. The fourth-order valence-electron chi connectivity index (χ4n) is 2.69. The van der Waals surface area contributed by atoms with Gasteiger partial charge in [0.1, 0.15) is 0 Å². The Morgan fingerprint density at radius 3 is 2.27 bits per heavy atom. The number of rotatable bonds is 1. The molecule has 0 nitrogen and oxygen atoms in total. The quantitative estimate of drug-likeness (QED) is 0.501. The summed E-state index contributed by atoms with van der Waals surface area (Å²) in [6, 6.07) is 0. The second kappa shape index (κ2) is 2.51. The van der Waals surface area contributed by atoms with Crippen LogP contribution < -0.4 is 0 Å². The van der Waals surface area contributed by atoms with Crippen molar-refractivity contribution in [3.05, 3.63) is 24.8 Å². The Kier molecular flexibility index (Phi) is 1.63. The molecule has 0 radical (unpaired) electrons. The number of hydrogen-bond donors (Lipinski definition) is 0. The van der Waals surface area contributed by atoms with Crippen molar-refractivity contribution < 1.29 is 0 Å². The van der Waals surface area contributed by atoms with Crippen molar-refractivity contribution in [1.82, 2.24) is 0 Å². The van der Waals surface area contributed by atoms with Gasteiger partial charge < -0.3 is 0 Å². The largest absolute Gasteiger partial charge is 0.103 e. The van der Waals surface area contributed by atoms with Gasteiger partial charge in [0.2, 0.25) is 0 Å². The van der Waals surface area contributed by atoms with Crippen molar-refractivity contribution in [1.29, 1.82) is 0 Å². The van der Waals surface area contributed by atoms with Gasteiger partial charge in [0.15, 0.2) is 0 Å². The molecule has 2 bridgehead atoms. The smallest absolute Gasteiger partial charge is 0.0142 e. The van der Waals surface area contributed by atoms with E-state index in [-0.39, 0.29) is 0 Å². The Morgan fingerprint density at radius 1 is 1.27 bits per heavy atom. The van der Waals surface area contributed by atoms with Crippen molar-refractivity contribution in [2.24, 2.45) is 23.7 Å². The van der Waals surface area contributed by atoms with E-state index in [4.69, 9.17) is 0 Å². The lowest BCUT2D eigenvalue weighted by Gasteiger charge is -2.42. The van der Waals surface area contributed by atoms with Crippen molar-refractivity contribution in [2.45, 2.75) is 19.8 Å². The molecule has 1 fully saturated rings. The number of hydrogen-bond acceptors (Lipinski definition) is 0. The lowest BCUT2D eigenvalue weighted by Crippen LogP contribution is -2.33. The highest BCUT2D eigenvalue weighted by atomic mass is 14.4. The molecule has 3 rings (SSSR count). The van der Waals surface area contributed by atoms with E-state index in [1.165, 1.54) is 12.8 Å². The van der Waals surface area contributed by atoms with E-state index >= 15 is 0 Å². The molecule has 0 spiro atoms. The van der Waals surface area contributed by atoms with Crippen LogP contribution in [-0.4, -0.2) is 0 Å². The Bertz CT molecular complexity index is 190. The summed E-state index contributed by atoms with van der Waals surface area (Å²) in [6.45, 7) is 6.29. The minimum absolute atomic E-state index is 0.763. The lowest BCUT2D eigenvalue weighted by molar-refractivity contribution is 0.175. The Labute approximate surface area is 69.0 Å². The minimum Gasteiger partial charge on any atom is -0.103 e. The molecule has 0 aliphatic heterocycles. The van der Waals surface area contributed by atoms with Crippen LogP contribution in [0.25, 0.3) is 0 Å². The van der Waals surface area contributed by atoms with Gasteiger partial charge in [-0.1, -0.05) is 25.2 Å². The summed E-state index contributed by atoms with van der Waals surface area (Å²) in [5.74, 6) is 3.27. The van der Waals surface area contributed by atoms with Crippen LogP contribution in [0.5, 0.6) is 0 Å². The molecule has 3 aliphatic carbocycles. The monoisotopic (exact) mass is 148 g/mol. The van der Waals surface area contributed by atoms with Crippen LogP contribution >= 0.6 is 0 Å². The molecule has 4 atom stereocenters. The van der Waals surface area contributed by atoms with Crippen LogP contribution in [0.4, 0.5) is 0 Å². The summed E-state index contributed by atoms with van der Waals surface area (Å²) < 4.78 is 0. The van der Waals surface area contributed by atoms with E-state index in [0.717, 1.165) is 23.7 Å². The van der Waals surface area contributed by atoms with Crippen LogP contribution in [-0.2, 0) is 0 Å². The maximum Gasteiger partial charge on any atom is -0.0142 e. The van der Waals surface area contributed by atoms with Gasteiger partial charge in [0.05, 0.1) is 0 Å². The molecule has 0 aromatic heterocycles. The van der Waals surface area contributed by atoms with E-state index in [0.29, 0.717) is 0 Å². The Hall–Kier alpha value is -0.520. The van der Waals surface area contributed by atoms with Crippen molar-refractivity contribution in [2.75, 3.05) is 0 Å². The van der Waals surface area contributed by atoms with E-state index in [1.807, 2.05) is 0 Å². The maximum atomic E-state index is 3.92. The van der Waals surface area contributed by atoms with Crippen LogP contribution in [0.3, 0.4) is 0 Å². The molecule has 4 unspecified atom stereocenters. The van der Waals surface area contributed by atoms with Gasteiger partial charge in [-0.05, 0) is 36.5 Å². The van der Waals surface area contributed by atoms with E-state index in [2.05, 4.69) is 31.7 Å². The first-order valence-corrected chi connectivity index (χ1v) is 4.64. The lowest BCUT2D eigenvalue weighted by atomic mass is 9.63. The van der Waals surface area contributed by atoms with Gasteiger partial charge in [0, 0.05) is 0 Å². The second-order valence-corrected chi connectivity index (χ2v) is 3.96.